The second-order valence-corrected chi connectivity index (χ2v) is 7.01. The van der Waals surface area contributed by atoms with Crippen LogP contribution in [0.15, 0.2) is 42.5 Å². The molecule has 2 aromatic rings. The number of hydrogen-bond donors (Lipinski definition) is 1. The lowest BCUT2D eigenvalue weighted by Crippen LogP contribution is -2.48. The number of carbonyl (C=O) groups is 2. The molecule has 0 aliphatic rings. The summed E-state index contributed by atoms with van der Waals surface area (Å²) in [6.07, 6.45) is 0. The van der Waals surface area contributed by atoms with E-state index in [1.807, 2.05) is 31.2 Å². The first-order valence-corrected chi connectivity index (χ1v) is 9.22. The van der Waals surface area contributed by atoms with Gasteiger partial charge in [-0.15, -0.1) is 0 Å². The molecule has 5 nitrogen and oxygen atoms in total. The van der Waals surface area contributed by atoms with Crippen molar-refractivity contribution in [1.82, 2.24) is 10.2 Å². The zero-order valence-electron chi connectivity index (χ0n) is 15.5. The van der Waals surface area contributed by atoms with Crippen molar-refractivity contribution in [2.45, 2.75) is 26.4 Å². The van der Waals surface area contributed by atoms with Gasteiger partial charge in [0.15, 0.2) is 6.61 Å². The van der Waals surface area contributed by atoms with Crippen LogP contribution in [0.2, 0.25) is 10.0 Å². The molecule has 0 aliphatic heterocycles. The molecule has 0 spiro atoms. The SMILES string of the molecule is CNC(=O)[C@H](C)N(Cc1cccc(C)c1)C(=O)COc1ccc(Cl)cc1Cl. The molecule has 2 rings (SSSR count). The average Bonchev–Trinajstić information content (AvgIpc) is 2.64. The fraction of sp³-hybridized carbons (Fsp3) is 0.300. The molecule has 0 radical (unpaired) electrons. The Morgan fingerprint density at radius 3 is 2.56 bits per heavy atom. The van der Waals surface area contributed by atoms with E-state index in [0.717, 1.165) is 11.1 Å². The van der Waals surface area contributed by atoms with Gasteiger partial charge in [0.1, 0.15) is 11.8 Å². The van der Waals surface area contributed by atoms with Crippen LogP contribution in [-0.4, -0.2) is 36.4 Å². The van der Waals surface area contributed by atoms with E-state index in [-0.39, 0.29) is 18.4 Å². The van der Waals surface area contributed by atoms with E-state index in [2.05, 4.69) is 5.32 Å². The number of nitrogens with zero attached hydrogens (tertiary/aromatic N) is 1. The maximum absolute atomic E-state index is 12.8. The first kappa shape index (κ1) is 21.1. The number of carbonyl (C=O) groups excluding carboxylic acids is 2. The number of nitrogens with one attached hydrogen (secondary N) is 1. The number of rotatable bonds is 7. The van der Waals surface area contributed by atoms with E-state index in [1.165, 1.54) is 11.9 Å². The summed E-state index contributed by atoms with van der Waals surface area (Å²) in [4.78, 5) is 26.4. The van der Waals surface area contributed by atoms with Crippen molar-refractivity contribution < 1.29 is 14.3 Å². The molecule has 7 heteroatoms. The highest BCUT2D eigenvalue weighted by Gasteiger charge is 2.26. The van der Waals surface area contributed by atoms with Gasteiger partial charge in [0.25, 0.3) is 5.91 Å². The van der Waals surface area contributed by atoms with E-state index in [1.54, 1.807) is 25.1 Å². The molecule has 2 amide bonds. The second kappa shape index (κ2) is 9.62. The Morgan fingerprint density at radius 1 is 1.19 bits per heavy atom. The minimum atomic E-state index is -0.646. The van der Waals surface area contributed by atoms with Crippen molar-refractivity contribution in [2.75, 3.05) is 13.7 Å². The summed E-state index contributed by atoms with van der Waals surface area (Å²) in [7, 11) is 1.54. The topological polar surface area (TPSA) is 58.6 Å². The summed E-state index contributed by atoms with van der Waals surface area (Å²) in [5.74, 6) is -0.211. The number of hydrogen-bond acceptors (Lipinski definition) is 3. The number of benzene rings is 2. The minimum Gasteiger partial charge on any atom is -0.482 e. The molecule has 0 aromatic heterocycles. The summed E-state index contributed by atoms with van der Waals surface area (Å²) in [6.45, 7) is 3.71. The predicted octanol–water partition coefficient (Wildman–Crippen LogP) is 3.84. The van der Waals surface area contributed by atoms with Crippen molar-refractivity contribution in [3.8, 4) is 5.75 Å². The van der Waals surface area contributed by atoms with E-state index in [9.17, 15) is 9.59 Å². The van der Waals surface area contributed by atoms with Gasteiger partial charge in [-0.25, -0.2) is 0 Å². The maximum atomic E-state index is 12.8. The molecule has 0 unspecified atom stereocenters. The zero-order chi connectivity index (χ0) is 20.0. The minimum absolute atomic E-state index is 0.242. The fourth-order valence-corrected chi connectivity index (χ4v) is 3.08. The second-order valence-electron chi connectivity index (χ2n) is 6.16. The Morgan fingerprint density at radius 2 is 1.93 bits per heavy atom. The molecule has 27 heavy (non-hydrogen) atoms. The molecule has 0 saturated carbocycles. The third-order valence-corrected chi connectivity index (χ3v) is 4.62. The lowest BCUT2D eigenvalue weighted by molar-refractivity contribution is -0.142. The van der Waals surface area contributed by atoms with Gasteiger partial charge in [-0.1, -0.05) is 53.0 Å². The van der Waals surface area contributed by atoms with Gasteiger partial charge in [-0.05, 0) is 37.6 Å². The van der Waals surface area contributed by atoms with E-state index >= 15 is 0 Å². The Kier molecular flexibility index (Phi) is 7.51. The van der Waals surface area contributed by atoms with Crippen molar-refractivity contribution in [1.29, 1.82) is 0 Å². The third kappa shape index (κ3) is 5.88. The van der Waals surface area contributed by atoms with Crippen LogP contribution >= 0.6 is 23.2 Å². The van der Waals surface area contributed by atoms with Crippen LogP contribution in [0.5, 0.6) is 5.75 Å². The number of likely N-dealkylation sites (N-methyl/N-ethyl adjacent to an activating group) is 1. The predicted molar refractivity (Wildman–Crippen MR) is 107 cm³/mol. The van der Waals surface area contributed by atoms with Gasteiger partial charge in [0.2, 0.25) is 5.91 Å². The highest BCUT2D eigenvalue weighted by molar-refractivity contribution is 6.35. The lowest BCUT2D eigenvalue weighted by atomic mass is 10.1. The van der Waals surface area contributed by atoms with E-state index < -0.39 is 6.04 Å². The van der Waals surface area contributed by atoms with Crippen LogP contribution in [0, 0.1) is 6.92 Å². The molecule has 0 fully saturated rings. The first-order chi connectivity index (χ1) is 12.8. The van der Waals surface area contributed by atoms with Gasteiger partial charge < -0.3 is 15.0 Å². The molecule has 0 saturated heterocycles. The maximum Gasteiger partial charge on any atom is 0.261 e. The Balaban J connectivity index is 2.15. The zero-order valence-corrected chi connectivity index (χ0v) is 17.0. The summed E-state index contributed by atoms with van der Waals surface area (Å²) in [5, 5.41) is 3.38. The standard InChI is InChI=1S/C20H22Cl2N2O3/c1-13-5-4-6-15(9-13)11-24(14(2)20(26)23-3)19(25)12-27-18-8-7-16(21)10-17(18)22/h4-10,14H,11-12H2,1-3H3,(H,23,26)/t14-/m0/s1. The molecule has 0 bridgehead atoms. The van der Waals surface area contributed by atoms with Crippen molar-refractivity contribution in [3.05, 3.63) is 63.6 Å². The number of ether oxygens (including phenoxy) is 1. The Bertz CT molecular complexity index is 827. The normalized spacial score (nSPS) is 11.6. The lowest BCUT2D eigenvalue weighted by Gasteiger charge is -2.28. The third-order valence-electron chi connectivity index (χ3n) is 4.09. The molecule has 0 heterocycles. The van der Waals surface area contributed by atoms with Crippen LogP contribution in [0.3, 0.4) is 0 Å². The van der Waals surface area contributed by atoms with Crippen LogP contribution in [-0.2, 0) is 16.1 Å². The molecular weight excluding hydrogens is 387 g/mol. The van der Waals surface area contributed by atoms with Crippen molar-refractivity contribution in [3.63, 3.8) is 0 Å². The first-order valence-electron chi connectivity index (χ1n) is 8.46. The Hall–Kier alpha value is -2.24. The number of halogens is 2. The van der Waals surface area contributed by atoms with E-state index in [4.69, 9.17) is 27.9 Å². The smallest absolute Gasteiger partial charge is 0.261 e. The molecule has 1 atom stereocenters. The van der Waals surface area contributed by atoms with Gasteiger partial charge in [-0.3, -0.25) is 9.59 Å². The molecule has 0 aliphatic carbocycles. The fourth-order valence-electron chi connectivity index (χ4n) is 2.61. The summed E-state index contributed by atoms with van der Waals surface area (Å²) >= 11 is 11.9. The number of aryl methyl sites for hydroxylation is 1. The molecular formula is C20H22Cl2N2O3. The van der Waals surface area contributed by atoms with Crippen molar-refractivity contribution >= 4 is 35.0 Å². The van der Waals surface area contributed by atoms with Gasteiger partial charge in [-0.2, -0.15) is 0 Å². The summed E-state index contributed by atoms with van der Waals surface area (Å²) in [5.41, 5.74) is 2.01. The van der Waals surface area contributed by atoms with Crippen LogP contribution < -0.4 is 10.1 Å². The van der Waals surface area contributed by atoms with Gasteiger partial charge in [0, 0.05) is 18.6 Å². The van der Waals surface area contributed by atoms with Crippen LogP contribution in [0.25, 0.3) is 0 Å². The molecule has 144 valence electrons. The highest BCUT2D eigenvalue weighted by Crippen LogP contribution is 2.27. The van der Waals surface area contributed by atoms with Gasteiger partial charge >= 0.3 is 0 Å². The largest absolute Gasteiger partial charge is 0.482 e. The summed E-state index contributed by atoms with van der Waals surface area (Å²) < 4.78 is 5.55. The summed E-state index contributed by atoms with van der Waals surface area (Å²) in [6, 6.07) is 11.9. The monoisotopic (exact) mass is 408 g/mol. The average molecular weight is 409 g/mol. The van der Waals surface area contributed by atoms with Crippen LogP contribution in [0.1, 0.15) is 18.1 Å². The highest BCUT2D eigenvalue weighted by atomic mass is 35.5. The molecule has 2 aromatic carbocycles. The Labute approximate surface area is 169 Å². The number of amides is 2. The van der Waals surface area contributed by atoms with Crippen molar-refractivity contribution in [2.24, 2.45) is 0 Å². The van der Waals surface area contributed by atoms with E-state index in [0.29, 0.717) is 22.3 Å². The van der Waals surface area contributed by atoms with Gasteiger partial charge in [0.05, 0.1) is 5.02 Å². The molecule has 1 N–H and O–H groups in total. The quantitative estimate of drug-likeness (QED) is 0.756. The van der Waals surface area contributed by atoms with Crippen LogP contribution in [0.4, 0.5) is 0 Å².